The van der Waals surface area contributed by atoms with Gasteiger partial charge in [-0.1, -0.05) is 12.1 Å². The average Bonchev–Trinajstić information content (AvgIpc) is 2.60. The number of piperazine rings is 1. The highest BCUT2D eigenvalue weighted by Crippen LogP contribution is 2.35. The number of hydrogen-bond acceptors (Lipinski definition) is 5. The maximum atomic E-state index is 12.2. The normalized spacial score (nSPS) is 22.8. The summed E-state index contributed by atoms with van der Waals surface area (Å²) in [7, 11) is 0. The third-order valence-electron chi connectivity index (χ3n) is 4.95. The van der Waals surface area contributed by atoms with Crippen LogP contribution in [0.1, 0.15) is 17.8 Å². The number of rotatable bonds is 4. The second kappa shape index (κ2) is 6.42. The Morgan fingerprint density at radius 2 is 1.81 bits per heavy atom. The molecule has 0 radical (unpaired) electrons. The molecular formula is C18H19F3N4O. The molecule has 0 amide bonds. The third-order valence-corrected chi connectivity index (χ3v) is 4.95. The molecule has 2 bridgehead atoms. The van der Waals surface area contributed by atoms with Gasteiger partial charge in [0.15, 0.2) is 0 Å². The second-order valence-corrected chi connectivity index (χ2v) is 6.77. The van der Waals surface area contributed by atoms with Crippen LogP contribution in [0.25, 0.3) is 0 Å². The van der Waals surface area contributed by atoms with E-state index in [9.17, 15) is 13.2 Å². The molecular weight excluding hydrogens is 345 g/mol. The smallest absolute Gasteiger partial charge is 0.406 e. The van der Waals surface area contributed by atoms with E-state index in [0.717, 1.165) is 43.3 Å². The maximum absolute atomic E-state index is 12.2. The molecule has 138 valence electrons. The highest BCUT2D eigenvalue weighted by molar-refractivity contribution is 5.40. The number of hydrogen-bond donors (Lipinski definition) is 0. The van der Waals surface area contributed by atoms with Gasteiger partial charge in [-0.15, -0.1) is 13.2 Å². The van der Waals surface area contributed by atoms with Crippen LogP contribution in [0.4, 0.5) is 19.0 Å². The molecule has 5 rings (SSSR count). The molecule has 4 heterocycles. The lowest BCUT2D eigenvalue weighted by Gasteiger charge is -2.56. The molecule has 3 aliphatic rings. The van der Waals surface area contributed by atoms with Crippen LogP contribution in [0.5, 0.6) is 5.75 Å². The standard InChI is InChI=1S/C18H19F3N4O/c1-12-22-7-6-17(23-12)24-10-14-8-15(11-24)25(14)9-13-2-4-16(5-3-13)26-18(19,20)21/h2-7,14-15H,8-11H2,1H3. The Bertz CT molecular complexity index is 769. The summed E-state index contributed by atoms with van der Waals surface area (Å²) in [6.45, 7) is 4.43. The first-order valence-corrected chi connectivity index (χ1v) is 8.52. The summed E-state index contributed by atoms with van der Waals surface area (Å²) in [6.07, 6.45) is -1.73. The largest absolute Gasteiger partial charge is 0.573 e. The summed E-state index contributed by atoms with van der Waals surface area (Å²) in [4.78, 5) is 13.3. The molecule has 1 aromatic heterocycles. The van der Waals surface area contributed by atoms with Crippen LogP contribution in [0.2, 0.25) is 0 Å². The summed E-state index contributed by atoms with van der Waals surface area (Å²) in [5.74, 6) is 1.54. The first-order valence-electron chi connectivity index (χ1n) is 8.52. The van der Waals surface area contributed by atoms with Crippen molar-refractivity contribution in [3.05, 3.63) is 47.9 Å². The van der Waals surface area contributed by atoms with Gasteiger partial charge in [0, 0.05) is 37.9 Å². The Labute approximate surface area is 149 Å². The lowest BCUT2D eigenvalue weighted by atomic mass is 9.87. The molecule has 0 saturated carbocycles. The minimum atomic E-state index is -4.65. The van der Waals surface area contributed by atoms with Crippen molar-refractivity contribution in [1.82, 2.24) is 14.9 Å². The van der Waals surface area contributed by atoms with Crippen LogP contribution in [-0.4, -0.2) is 46.4 Å². The van der Waals surface area contributed by atoms with Crippen LogP contribution in [0.3, 0.4) is 0 Å². The number of fused-ring (bicyclic) bond motifs is 2. The molecule has 3 fully saturated rings. The van der Waals surface area contributed by atoms with Gasteiger partial charge in [0.25, 0.3) is 0 Å². The maximum Gasteiger partial charge on any atom is 0.573 e. The van der Waals surface area contributed by atoms with Crippen molar-refractivity contribution in [3.8, 4) is 5.75 Å². The van der Waals surface area contributed by atoms with Gasteiger partial charge in [-0.25, -0.2) is 9.97 Å². The molecule has 3 saturated heterocycles. The third kappa shape index (κ3) is 3.60. The van der Waals surface area contributed by atoms with Crippen LogP contribution in [-0.2, 0) is 6.54 Å². The zero-order valence-electron chi connectivity index (χ0n) is 14.3. The molecule has 0 spiro atoms. The van der Waals surface area contributed by atoms with Gasteiger partial charge in [0.05, 0.1) is 0 Å². The highest BCUT2D eigenvalue weighted by atomic mass is 19.4. The van der Waals surface area contributed by atoms with E-state index in [2.05, 4.69) is 24.5 Å². The van der Waals surface area contributed by atoms with Crippen molar-refractivity contribution in [1.29, 1.82) is 0 Å². The second-order valence-electron chi connectivity index (χ2n) is 6.77. The summed E-state index contributed by atoms with van der Waals surface area (Å²) in [5, 5.41) is 0. The van der Waals surface area contributed by atoms with Crippen LogP contribution >= 0.6 is 0 Å². The van der Waals surface area contributed by atoms with Gasteiger partial charge in [-0.2, -0.15) is 0 Å². The van der Waals surface area contributed by atoms with Gasteiger partial charge in [0.1, 0.15) is 17.4 Å². The predicted octanol–water partition coefficient (Wildman–Crippen LogP) is 3.15. The molecule has 3 aliphatic heterocycles. The zero-order chi connectivity index (χ0) is 18.3. The Kier molecular flexibility index (Phi) is 4.22. The fraction of sp³-hybridized carbons (Fsp3) is 0.444. The zero-order valence-corrected chi connectivity index (χ0v) is 14.3. The van der Waals surface area contributed by atoms with Crippen LogP contribution < -0.4 is 9.64 Å². The van der Waals surface area contributed by atoms with Crippen molar-refractivity contribution in [2.24, 2.45) is 0 Å². The number of benzene rings is 1. The summed E-state index contributed by atoms with van der Waals surface area (Å²) in [6, 6.07) is 8.94. The topological polar surface area (TPSA) is 41.5 Å². The number of ether oxygens (including phenoxy) is 1. The van der Waals surface area contributed by atoms with E-state index >= 15 is 0 Å². The number of alkyl halides is 3. The van der Waals surface area contributed by atoms with E-state index in [0.29, 0.717) is 12.1 Å². The molecule has 1 aromatic carbocycles. The molecule has 5 nitrogen and oxygen atoms in total. The monoisotopic (exact) mass is 364 g/mol. The van der Waals surface area contributed by atoms with Gasteiger partial charge in [-0.3, -0.25) is 4.90 Å². The quantitative estimate of drug-likeness (QED) is 0.834. The molecule has 8 heteroatoms. The highest BCUT2D eigenvalue weighted by Gasteiger charge is 2.44. The van der Waals surface area contributed by atoms with Gasteiger partial charge in [-0.05, 0) is 37.1 Å². The molecule has 26 heavy (non-hydrogen) atoms. The lowest BCUT2D eigenvalue weighted by Crippen LogP contribution is -2.68. The van der Waals surface area contributed by atoms with Crippen molar-refractivity contribution < 1.29 is 17.9 Å². The minimum Gasteiger partial charge on any atom is -0.406 e. The SMILES string of the molecule is Cc1nccc(N2CC3CC(C2)N3Cc2ccc(OC(F)(F)F)cc2)n1. The molecule has 2 aromatic rings. The van der Waals surface area contributed by atoms with Crippen LogP contribution in [0.15, 0.2) is 36.5 Å². The molecule has 2 atom stereocenters. The predicted molar refractivity (Wildman–Crippen MR) is 89.8 cm³/mol. The molecule has 0 N–H and O–H groups in total. The first-order chi connectivity index (χ1) is 12.4. The molecule has 0 aliphatic carbocycles. The van der Waals surface area contributed by atoms with Gasteiger partial charge < -0.3 is 9.64 Å². The Balaban J connectivity index is 1.36. The number of aryl methyl sites for hydroxylation is 1. The van der Waals surface area contributed by atoms with Crippen molar-refractivity contribution in [3.63, 3.8) is 0 Å². The van der Waals surface area contributed by atoms with Crippen molar-refractivity contribution in [2.45, 2.75) is 38.3 Å². The van der Waals surface area contributed by atoms with E-state index in [-0.39, 0.29) is 5.75 Å². The summed E-state index contributed by atoms with van der Waals surface area (Å²) >= 11 is 0. The van der Waals surface area contributed by atoms with Crippen molar-refractivity contribution in [2.75, 3.05) is 18.0 Å². The summed E-state index contributed by atoms with van der Waals surface area (Å²) in [5.41, 5.74) is 0.987. The number of halogens is 3. The van der Waals surface area contributed by atoms with Gasteiger partial charge >= 0.3 is 6.36 Å². The Morgan fingerprint density at radius 3 is 2.42 bits per heavy atom. The number of aromatic nitrogens is 2. The Morgan fingerprint density at radius 1 is 1.12 bits per heavy atom. The Hall–Kier alpha value is -2.35. The lowest BCUT2D eigenvalue weighted by molar-refractivity contribution is -0.274. The van der Waals surface area contributed by atoms with E-state index in [1.165, 1.54) is 12.1 Å². The summed E-state index contributed by atoms with van der Waals surface area (Å²) < 4.78 is 40.6. The number of nitrogens with zero attached hydrogens (tertiary/aromatic N) is 4. The van der Waals surface area contributed by atoms with E-state index < -0.39 is 6.36 Å². The van der Waals surface area contributed by atoms with E-state index in [4.69, 9.17) is 0 Å². The fourth-order valence-electron chi connectivity index (χ4n) is 3.76. The fourth-order valence-corrected chi connectivity index (χ4v) is 3.76. The van der Waals surface area contributed by atoms with Crippen molar-refractivity contribution >= 4 is 5.82 Å². The van der Waals surface area contributed by atoms with Gasteiger partial charge in [0.2, 0.25) is 0 Å². The van der Waals surface area contributed by atoms with E-state index in [1.54, 1.807) is 18.3 Å². The molecule has 2 unspecified atom stereocenters. The van der Waals surface area contributed by atoms with E-state index in [1.807, 2.05) is 13.0 Å². The minimum absolute atomic E-state index is 0.185. The van der Waals surface area contributed by atoms with Crippen LogP contribution in [0, 0.1) is 6.92 Å². The first kappa shape index (κ1) is 17.1. The average molecular weight is 364 g/mol. The number of anilines is 1. The number of piperidine rings is 1.